The van der Waals surface area contributed by atoms with Crippen LogP contribution in [0.2, 0.25) is 5.02 Å². The molecule has 2 aromatic rings. The van der Waals surface area contributed by atoms with Gasteiger partial charge < -0.3 is 0 Å². The predicted octanol–water partition coefficient (Wildman–Crippen LogP) is 3.22. The van der Waals surface area contributed by atoms with Gasteiger partial charge in [0.2, 0.25) is 10.0 Å². The Bertz CT molecular complexity index is 947. The molecule has 0 aliphatic heterocycles. The topological polar surface area (TPSA) is 92.3 Å². The minimum Gasteiger partial charge on any atom is -0.280 e. The van der Waals surface area contributed by atoms with Gasteiger partial charge in [-0.2, -0.15) is 0 Å². The van der Waals surface area contributed by atoms with Gasteiger partial charge in [0.05, 0.1) is 9.79 Å². The Morgan fingerprint density at radius 2 is 1.20 bits per heavy atom. The molecule has 136 valence electrons. The summed E-state index contributed by atoms with van der Waals surface area (Å²) in [5, 5.41) is 0.430. The van der Waals surface area contributed by atoms with E-state index in [4.69, 9.17) is 11.6 Å². The van der Waals surface area contributed by atoms with Crippen LogP contribution < -0.4 is 9.44 Å². The van der Waals surface area contributed by atoms with Crippen LogP contribution in [0, 0.1) is 0 Å². The summed E-state index contributed by atoms with van der Waals surface area (Å²) in [6, 6.07) is 11.2. The average Bonchev–Trinajstić information content (AvgIpc) is 2.45. The lowest BCUT2D eigenvalue weighted by atomic mass is 10.1. The third kappa shape index (κ3) is 5.43. The van der Waals surface area contributed by atoms with E-state index in [1.807, 2.05) is 0 Å². The first kappa shape index (κ1) is 19.7. The van der Waals surface area contributed by atoms with Crippen LogP contribution in [-0.2, 0) is 20.0 Å². The molecule has 0 aliphatic carbocycles. The van der Waals surface area contributed by atoms with E-state index in [1.54, 1.807) is 20.8 Å². The summed E-state index contributed by atoms with van der Waals surface area (Å²) < 4.78 is 54.0. The van der Waals surface area contributed by atoms with Crippen molar-refractivity contribution in [1.82, 2.24) is 4.72 Å². The van der Waals surface area contributed by atoms with Crippen molar-refractivity contribution in [2.24, 2.45) is 0 Å². The molecular weight excluding hydrogens is 384 g/mol. The molecule has 0 aromatic heterocycles. The highest BCUT2D eigenvalue weighted by molar-refractivity contribution is 7.92. The van der Waals surface area contributed by atoms with Gasteiger partial charge in [-0.25, -0.2) is 21.6 Å². The van der Waals surface area contributed by atoms with E-state index in [0.29, 0.717) is 5.02 Å². The molecule has 0 atom stereocenters. The van der Waals surface area contributed by atoms with Gasteiger partial charge in [0.25, 0.3) is 10.0 Å². The third-order valence-corrected chi connectivity index (χ3v) is 6.40. The van der Waals surface area contributed by atoms with E-state index >= 15 is 0 Å². The van der Waals surface area contributed by atoms with Gasteiger partial charge in [-0.15, -0.1) is 0 Å². The Morgan fingerprint density at radius 1 is 0.760 bits per heavy atom. The highest BCUT2D eigenvalue weighted by atomic mass is 35.5. The van der Waals surface area contributed by atoms with E-state index in [1.165, 1.54) is 48.5 Å². The van der Waals surface area contributed by atoms with Crippen molar-refractivity contribution in [1.29, 1.82) is 0 Å². The maximum atomic E-state index is 12.3. The van der Waals surface area contributed by atoms with Crippen molar-refractivity contribution in [3.8, 4) is 0 Å². The molecule has 0 saturated heterocycles. The number of halogens is 1. The third-order valence-electron chi connectivity index (χ3n) is 2.98. The molecule has 9 heteroatoms. The van der Waals surface area contributed by atoms with E-state index in [0.717, 1.165) is 0 Å². The molecule has 0 heterocycles. The van der Waals surface area contributed by atoms with E-state index in [-0.39, 0.29) is 15.5 Å². The quantitative estimate of drug-likeness (QED) is 0.803. The largest absolute Gasteiger partial charge is 0.280 e. The summed E-state index contributed by atoms with van der Waals surface area (Å²) in [6.07, 6.45) is 0. The van der Waals surface area contributed by atoms with Gasteiger partial charge in [0, 0.05) is 16.2 Å². The number of hydrogen-bond donors (Lipinski definition) is 2. The van der Waals surface area contributed by atoms with Crippen LogP contribution >= 0.6 is 11.6 Å². The second-order valence-electron chi connectivity index (χ2n) is 6.44. The van der Waals surface area contributed by atoms with E-state index < -0.39 is 25.6 Å². The smallest absolute Gasteiger partial charge is 0.261 e. The Morgan fingerprint density at radius 3 is 1.68 bits per heavy atom. The molecule has 2 N–H and O–H groups in total. The maximum absolute atomic E-state index is 12.3. The molecular formula is C16H19ClN2O4S2. The van der Waals surface area contributed by atoms with Crippen LogP contribution in [0.5, 0.6) is 0 Å². The molecule has 2 aromatic carbocycles. The standard InChI is InChI=1S/C16H19ClN2O4S2/c1-16(2,3)19-25(22,23)15-10-6-13(7-11-15)18-24(20,21)14-8-4-12(17)5-9-14/h4-11,18-19H,1-3H3. The number of hydrogen-bond acceptors (Lipinski definition) is 4. The van der Waals surface area contributed by atoms with Gasteiger partial charge in [-0.1, -0.05) is 11.6 Å². The number of rotatable bonds is 5. The maximum Gasteiger partial charge on any atom is 0.261 e. The fourth-order valence-corrected chi connectivity index (χ4v) is 4.60. The first-order valence-electron chi connectivity index (χ1n) is 7.31. The van der Waals surface area contributed by atoms with Crippen LogP contribution in [-0.4, -0.2) is 22.4 Å². The Balaban J connectivity index is 2.22. The second-order valence-corrected chi connectivity index (χ2v) is 10.2. The molecule has 0 aliphatic rings. The van der Waals surface area contributed by atoms with Crippen molar-refractivity contribution in [2.75, 3.05) is 4.72 Å². The number of anilines is 1. The summed E-state index contributed by atoms with van der Waals surface area (Å²) in [5.41, 5.74) is -0.363. The fourth-order valence-electron chi connectivity index (χ4n) is 1.99. The second kappa shape index (κ2) is 6.95. The van der Waals surface area contributed by atoms with Gasteiger partial charge in [0.15, 0.2) is 0 Å². The van der Waals surface area contributed by atoms with Crippen molar-refractivity contribution >= 4 is 37.3 Å². The van der Waals surface area contributed by atoms with Crippen molar-refractivity contribution in [3.63, 3.8) is 0 Å². The molecule has 0 amide bonds. The van der Waals surface area contributed by atoms with Crippen LogP contribution in [0.3, 0.4) is 0 Å². The molecule has 0 unspecified atom stereocenters. The molecule has 0 radical (unpaired) electrons. The minimum atomic E-state index is -3.78. The molecule has 2 rings (SSSR count). The SMILES string of the molecule is CC(C)(C)NS(=O)(=O)c1ccc(NS(=O)(=O)c2ccc(Cl)cc2)cc1. The number of benzene rings is 2. The molecule has 0 saturated carbocycles. The lowest BCUT2D eigenvalue weighted by Crippen LogP contribution is -2.40. The lowest BCUT2D eigenvalue weighted by Gasteiger charge is -2.20. The van der Waals surface area contributed by atoms with E-state index in [9.17, 15) is 16.8 Å². The highest BCUT2D eigenvalue weighted by Crippen LogP contribution is 2.20. The van der Waals surface area contributed by atoms with Crippen LogP contribution in [0.4, 0.5) is 5.69 Å². The molecule has 0 fully saturated rings. The molecule has 25 heavy (non-hydrogen) atoms. The predicted molar refractivity (Wildman–Crippen MR) is 98.8 cm³/mol. The van der Waals surface area contributed by atoms with E-state index in [2.05, 4.69) is 9.44 Å². The highest BCUT2D eigenvalue weighted by Gasteiger charge is 2.22. The fraction of sp³-hybridized carbons (Fsp3) is 0.250. The van der Waals surface area contributed by atoms with Gasteiger partial charge in [-0.3, -0.25) is 4.72 Å². The van der Waals surface area contributed by atoms with Gasteiger partial charge in [0.1, 0.15) is 0 Å². The zero-order chi connectivity index (χ0) is 18.9. The Labute approximate surface area is 153 Å². The summed E-state index contributed by atoms with van der Waals surface area (Å²) in [6.45, 7) is 5.21. The average molecular weight is 403 g/mol. The zero-order valence-electron chi connectivity index (χ0n) is 13.9. The van der Waals surface area contributed by atoms with Crippen molar-refractivity contribution in [2.45, 2.75) is 36.1 Å². The van der Waals surface area contributed by atoms with Crippen LogP contribution in [0.15, 0.2) is 58.3 Å². The molecule has 6 nitrogen and oxygen atoms in total. The number of sulfonamides is 2. The lowest BCUT2D eigenvalue weighted by molar-refractivity contribution is 0.491. The normalized spacial score (nSPS) is 12.8. The number of nitrogens with one attached hydrogen (secondary N) is 2. The Hall–Kier alpha value is -1.61. The van der Waals surface area contributed by atoms with Crippen LogP contribution in [0.25, 0.3) is 0 Å². The van der Waals surface area contributed by atoms with Gasteiger partial charge >= 0.3 is 0 Å². The van der Waals surface area contributed by atoms with Crippen molar-refractivity contribution in [3.05, 3.63) is 53.6 Å². The molecule has 0 spiro atoms. The van der Waals surface area contributed by atoms with Crippen molar-refractivity contribution < 1.29 is 16.8 Å². The first-order chi connectivity index (χ1) is 11.4. The first-order valence-corrected chi connectivity index (χ1v) is 10.7. The molecule has 0 bridgehead atoms. The summed E-state index contributed by atoms with van der Waals surface area (Å²) in [7, 11) is -7.46. The van der Waals surface area contributed by atoms with Crippen LogP contribution in [0.1, 0.15) is 20.8 Å². The summed E-state index contributed by atoms with van der Waals surface area (Å²) in [5.74, 6) is 0. The Kier molecular flexibility index (Phi) is 5.48. The summed E-state index contributed by atoms with van der Waals surface area (Å²) >= 11 is 5.75. The summed E-state index contributed by atoms with van der Waals surface area (Å²) in [4.78, 5) is 0.111. The van der Waals surface area contributed by atoms with Gasteiger partial charge in [-0.05, 0) is 69.3 Å². The zero-order valence-corrected chi connectivity index (χ0v) is 16.3. The minimum absolute atomic E-state index is 0.0527. The monoisotopic (exact) mass is 402 g/mol.